The van der Waals surface area contributed by atoms with Crippen molar-refractivity contribution < 1.29 is 9.53 Å². The molecule has 1 aliphatic heterocycles. The van der Waals surface area contributed by atoms with Crippen molar-refractivity contribution in [2.75, 3.05) is 13.2 Å². The average molecular weight is 224 g/mol. The highest BCUT2D eigenvalue weighted by Crippen LogP contribution is 2.18. The van der Waals surface area contributed by atoms with Crippen LogP contribution >= 0.6 is 0 Å². The first kappa shape index (κ1) is 11.1. The highest BCUT2D eigenvalue weighted by Gasteiger charge is 2.22. The van der Waals surface area contributed by atoms with Gasteiger partial charge in [0, 0.05) is 19.3 Å². The topological polar surface area (TPSA) is 79.9 Å². The molecule has 1 atom stereocenters. The molecule has 0 radical (unpaired) electrons. The molecule has 1 aliphatic rings. The fraction of sp³-hybridized carbons (Fsp3) is 0.700. The van der Waals surface area contributed by atoms with E-state index < -0.39 is 0 Å². The highest BCUT2D eigenvalue weighted by molar-refractivity contribution is 5.90. The van der Waals surface area contributed by atoms with Gasteiger partial charge >= 0.3 is 0 Å². The summed E-state index contributed by atoms with van der Waals surface area (Å²) in [6.45, 7) is 3.59. The van der Waals surface area contributed by atoms with Gasteiger partial charge in [0.2, 0.25) is 5.82 Å². The third-order valence-electron chi connectivity index (χ3n) is 2.96. The Balaban J connectivity index is 1.86. The molecule has 1 amide bonds. The van der Waals surface area contributed by atoms with Crippen LogP contribution in [0.5, 0.6) is 0 Å². The van der Waals surface area contributed by atoms with Crippen molar-refractivity contribution in [2.45, 2.75) is 25.8 Å². The number of ether oxygens (including phenoxy) is 1. The minimum absolute atomic E-state index is 0.140. The maximum atomic E-state index is 11.7. The molecule has 1 aromatic rings. The van der Waals surface area contributed by atoms with Gasteiger partial charge in [-0.1, -0.05) is 0 Å². The molecule has 0 aliphatic carbocycles. The summed E-state index contributed by atoms with van der Waals surface area (Å²) in [5, 5.41) is 9.12. The fourth-order valence-electron chi connectivity index (χ4n) is 1.92. The summed E-state index contributed by atoms with van der Waals surface area (Å²) >= 11 is 0. The molecule has 0 bridgehead atoms. The maximum absolute atomic E-state index is 11.7. The number of aromatic nitrogens is 3. The van der Waals surface area contributed by atoms with Crippen molar-refractivity contribution in [3.63, 3.8) is 0 Å². The summed E-state index contributed by atoms with van der Waals surface area (Å²) in [7, 11) is 0. The van der Waals surface area contributed by atoms with E-state index in [4.69, 9.17) is 4.74 Å². The number of rotatable bonds is 3. The summed E-state index contributed by atoms with van der Waals surface area (Å²) in [6.07, 6.45) is 3.32. The van der Waals surface area contributed by atoms with E-state index in [-0.39, 0.29) is 17.8 Å². The minimum atomic E-state index is -0.198. The number of amides is 1. The SMILES string of the molecule is CC(NC(=O)c1ncn[nH]1)C1CCOCC1. The van der Waals surface area contributed by atoms with Crippen molar-refractivity contribution in [3.8, 4) is 0 Å². The number of carbonyl (C=O) groups excluding carboxylic acids is 1. The van der Waals surface area contributed by atoms with E-state index in [1.165, 1.54) is 6.33 Å². The first-order chi connectivity index (χ1) is 7.77. The Morgan fingerprint density at radius 2 is 2.38 bits per heavy atom. The van der Waals surface area contributed by atoms with E-state index in [1.54, 1.807) is 0 Å². The molecular formula is C10H16N4O2. The first-order valence-corrected chi connectivity index (χ1v) is 5.51. The lowest BCUT2D eigenvalue weighted by Gasteiger charge is -2.28. The summed E-state index contributed by atoms with van der Waals surface area (Å²) in [6, 6.07) is 0.140. The lowest BCUT2D eigenvalue weighted by molar-refractivity contribution is 0.0537. The molecular weight excluding hydrogens is 208 g/mol. The van der Waals surface area contributed by atoms with Crippen molar-refractivity contribution in [1.82, 2.24) is 20.5 Å². The van der Waals surface area contributed by atoms with Crippen LogP contribution in [0.25, 0.3) is 0 Å². The molecule has 2 heterocycles. The quantitative estimate of drug-likeness (QED) is 0.776. The molecule has 6 heteroatoms. The van der Waals surface area contributed by atoms with Crippen LogP contribution in [0.15, 0.2) is 6.33 Å². The van der Waals surface area contributed by atoms with E-state index in [2.05, 4.69) is 20.5 Å². The van der Waals surface area contributed by atoms with Gasteiger partial charge in [0.1, 0.15) is 6.33 Å². The minimum Gasteiger partial charge on any atom is -0.381 e. The van der Waals surface area contributed by atoms with Crippen LogP contribution in [0.3, 0.4) is 0 Å². The Kier molecular flexibility index (Phi) is 3.51. The van der Waals surface area contributed by atoms with Gasteiger partial charge in [-0.3, -0.25) is 9.89 Å². The third kappa shape index (κ3) is 2.57. The largest absolute Gasteiger partial charge is 0.381 e. The van der Waals surface area contributed by atoms with Crippen LogP contribution in [-0.4, -0.2) is 40.3 Å². The predicted molar refractivity (Wildman–Crippen MR) is 56.9 cm³/mol. The summed E-state index contributed by atoms with van der Waals surface area (Å²) in [4.78, 5) is 15.5. The van der Waals surface area contributed by atoms with E-state index in [0.29, 0.717) is 5.92 Å². The van der Waals surface area contributed by atoms with E-state index in [1.807, 2.05) is 6.92 Å². The van der Waals surface area contributed by atoms with Gasteiger partial charge in [0.05, 0.1) is 0 Å². The second-order valence-electron chi connectivity index (χ2n) is 4.05. The predicted octanol–water partition coefficient (Wildman–Crippen LogP) is 0.350. The molecule has 1 saturated heterocycles. The van der Waals surface area contributed by atoms with Crippen LogP contribution < -0.4 is 5.32 Å². The zero-order chi connectivity index (χ0) is 11.4. The zero-order valence-corrected chi connectivity index (χ0v) is 9.27. The monoisotopic (exact) mass is 224 g/mol. The number of nitrogens with zero attached hydrogens (tertiary/aromatic N) is 2. The Hall–Kier alpha value is -1.43. The van der Waals surface area contributed by atoms with E-state index >= 15 is 0 Å². The Morgan fingerprint density at radius 1 is 1.62 bits per heavy atom. The van der Waals surface area contributed by atoms with Gasteiger partial charge in [-0.15, -0.1) is 0 Å². The van der Waals surface area contributed by atoms with Crippen LogP contribution in [-0.2, 0) is 4.74 Å². The molecule has 16 heavy (non-hydrogen) atoms. The second-order valence-corrected chi connectivity index (χ2v) is 4.05. The van der Waals surface area contributed by atoms with Crippen molar-refractivity contribution in [1.29, 1.82) is 0 Å². The van der Waals surface area contributed by atoms with Gasteiger partial charge in [-0.2, -0.15) is 5.10 Å². The van der Waals surface area contributed by atoms with Gasteiger partial charge < -0.3 is 10.1 Å². The maximum Gasteiger partial charge on any atom is 0.288 e. The highest BCUT2D eigenvalue weighted by atomic mass is 16.5. The lowest BCUT2D eigenvalue weighted by Crippen LogP contribution is -2.40. The van der Waals surface area contributed by atoms with E-state index in [9.17, 15) is 4.79 Å². The molecule has 6 nitrogen and oxygen atoms in total. The molecule has 2 N–H and O–H groups in total. The van der Waals surface area contributed by atoms with Crippen molar-refractivity contribution in [3.05, 3.63) is 12.2 Å². The number of nitrogens with one attached hydrogen (secondary N) is 2. The number of carbonyl (C=O) groups is 1. The van der Waals surface area contributed by atoms with Gasteiger partial charge in [-0.05, 0) is 25.7 Å². The van der Waals surface area contributed by atoms with Crippen LogP contribution in [0.4, 0.5) is 0 Å². The summed E-state index contributed by atoms with van der Waals surface area (Å²) in [5.74, 6) is 0.552. The number of hydrogen-bond acceptors (Lipinski definition) is 4. The van der Waals surface area contributed by atoms with Crippen LogP contribution in [0.2, 0.25) is 0 Å². The second kappa shape index (κ2) is 5.07. The Morgan fingerprint density at radius 3 is 3.00 bits per heavy atom. The number of H-pyrrole nitrogens is 1. The zero-order valence-electron chi connectivity index (χ0n) is 9.27. The normalized spacial score (nSPS) is 19.3. The lowest BCUT2D eigenvalue weighted by atomic mass is 9.93. The molecule has 1 unspecified atom stereocenters. The molecule has 88 valence electrons. The Labute approximate surface area is 93.8 Å². The molecule has 1 fully saturated rings. The average Bonchev–Trinajstić information content (AvgIpc) is 2.83. The smallest absolute Gasteiger partial charge is 0.288 e. The summed E-state index contributed by atoms with van der Waals surface area (Å²) < 4.78 is 5.29. The molecule has 2 rings (SSSR count). The standard InChI is InChI=1S/C10H16N4O2/c1-7(8-2-4-16-5-3-8)13-10(15)9-11-6-12-14-9/h6-8H,2-5H2,1H3,(H,13,15)(H,11,12,14). The van der Waals surface area contributed by atoms with Gasteiger partial charge in [0.25, 0.3) is 5.91 Å². The first-order valence-electron chi connectivity index (χ1n) is 5.51. The number of hydrogen-bond donors (Lipinski definition) is 2. The van der Waals surface area contributed by atoms with Gasteiger partial charge in [0.15, 0.2) is 0 Å². The van der Waals surface area contributed by atoms with Gasteiger partial charge in [-0.25, -0.2) is 4.98 Å². The number of aromatic amines is 1. The summed E-state index contributed by atoms with van der Waals surface area (Å²) in [5.41, 5.74) is 0. The fourth-order valence-corrected chi connectivity index (χ4v) is 1.92. The molecule has 1 aromatic heterocycles. The molecule has 0 spiro atoms. The third-order valence-corrected chi connectivity index (χ3v) is 2.96. The molecule has 0 saturated carbocycles. The molecule has 0 aromatic carbocycles. The van der Waals surface area contributed by atoms with Crippen LogP contribution in [0, 0.1) is 5.92 Å². The Bertz CT molecular complexity index is 333. The van der Waals surface area contributed by atoms with Crippen molar-refractivity contribution >= 4 is 5.91 Å². The van der Waals surface area contributed by atoms with Crippen LogP contribution in [0.1, 0.15) is 30.4 Å². The van der Waals surface area contributed by atoms with Crippen molar-refractivity contribution in [2.24, 2.45) is 5.92 Å². The van der Waals surface area contributed by atoms with E-state index in [0.717, 1.165) is 26.1 Å².